The topological polar surface area (TPSA) is 56.0 Å². The SMILES string of the molecule is CC1(C)CC(=O)c2c(nc3ccccc3c2N)C1.Cl. The highest BCUT2D eigenvalue weighted by atomic mass is 35.5. The van der Waals surface area contributed by atoms with E-state index in [2.05, 4.69) is 18.8 Å². The maximum Gasteiger partial charge on any atom is 0.167 e. The fraction of sp³-hybridized carbons (Fsp3) is 0.333. The first kappa shape index (κ1) is 13.8. The van der Waals surface area contributed by atoms with Crippen LogP contribution in [0.3, 0.4) is 0 Å². The lowest BCUT2D eigenvalue weighted by atomic mass is 9.75. The number of Topliss-reactive ketones (excluding diaryl/α,β-unsaturated/α-hetero) is 1. The van der Waals surface area contributed by atoms with Crippen molar-refractivity contribution in [3.05, 3.63) is 35.5 Å². The van der Waals surface area contributed by atoms with Crippen molar-refractivity contribution in [3.8, 4) is 0 Å². The molecule has 1 aliphatic carbocycles. The Morgan fingerprint density at radius 3 is 2.63 bits per heavy atom. The number of anilines is 1. The lowest BCUT2D eigenvalue weighted by Crippen LogP contribution is -2.28. The van der Waals surface area contributed by atoms with Gasteiger partial charge in [0.05, 0.1) is 22.5 Å². The molecule has 1 aliphatic rings. The van der Waals surface area contributed by atoms with E-state index in [-0.39, 0.29) is 23.6 Å². The quantitative estimate of drug-likeness (QED) is 0.802. The lowest BCUT2D eigenvalue weighted by molar-refractivity contribution is 0.0912. The van der Waals surface area contributed by atoms with Gasteiger partial charge in [-0.1, -0.05) is 32.0 Å². The molecule has 0 atom stereocenters. The number of pyridine rings is 1. The van der Waals surface area contributed by atoms with E-state index < -0.39 is 0 Å². The van der Waals surface area contributed by atoms with Crippen LogP contribution in [0.15, 0.2) is 24.3 Å². The van der Waals surface area contributed by atoms with Gasteiger partial charge < -0.3 is 5.73 Å². The van der Waals surface area contributed by atoms with Crippen LogP contribution >= 0.6 is 12.4 Å². The zero-order valence-corrected chi connectivity index (χ0v) is 11.9. The summed E-state index contributed by atoms with van der Waals surface area (Å²) in [5, 5.41) is 0.879. The van der Waals surface area contributed by atoms with Crippen LogP contribution in [-0.2, 0) is 6.42 Å². The number of halogens is 1. The predicted octanol–water partition coefficient (Wildman–Crippen LogP) is 3.39. The van der Waals surface area contributed by atoms with Crippen LogP contribution in [0.4, 0.5) is 5.69 Å². The minimum Gasteiger partial charge on any atom is -0.398 e. The van der Waals surface area contributed by atoms with Crippen LogP contribution in [0.5, 0.6) is 0 Å². The minimum absolute atomic E-state index is 0. The summed E-state index contributed by atoms with van der Waals surface area (Å²) in [6, 6.07) is 7.73. The van der Waals surface area contributed by atoms with E-state index in [0.29, 0.717) is 17.7 Å². The third kappa shape index (κ3) is 2.19. The summed E-state index contributed by atoms with van der Waals surface area (Å²) >= 11 is 0. The molecule has 100 valence electrons. The van der Waals surface area contributed by atoms with E-state index in [1.54, 1.807) is 0 Å². The van der Waals surface area contributed by atoms with Gasteiger partial charge in [-0.05, 0) is 17.9 Å². The fourth-order valence-electron chi connectivity index (χ4n) is 2.77. The molecule has 0 fully saturated rings. The number of benzene rings is 1. The van der Waals surface area contributed by atoms with Crippen molar-refractivity contribution in [1.82, 2.24) is 4.98 Å². The summed E-state index contributed by atoms with van der Waals surface area (Å²) < 4.78 is 0. The Hall–Kier alpha value is -1.61. The van der Waals surface area contributed by atoms with Crippen LogP contribution in [0, 0.1) is 5.41 Å². The van der Waals surface area contributed by atoms with Gasteiger partial charge in [0, 0.05) is 11.8 Å². The monoisotopic (exact) mass is 276 g/mol. The van der Waals surface area contributed by atoms with Crippen molar-refractivity contribution in [2.24, 2.45) is 5.41 Å². The molecule has 0 unspecified atom stereocenters. The van der Waals surface area contributed by atoms with E-state index in [1.807, 2.05) is 24.3 Å². The number of aromatic nitrogens is 1. The Bertz CT molecular complexity index is 664. The Kier molecular flexibility index (Phi) is 3.27. The molecule has 2 N–H and O–H groups in total. The van der Waals surface area contributed by atoms with E-state index in [9.17, 15) is 4.79 Å². The molecule has 3 nitrogen and oxygen atoms in total. The Morgan fingerprint density at radius 1 is 1.21 bits per heavy atom. The van der Waals surface area contributed by atoms with Gasteiger partial charge in [-0.3, -0.25) is 9.78 Å². The van der Waals surface area contributed by atoms with Crippen molar-refractivity contribution in [1.29, 1.82) is 0 Å². The largest absolute Gasteiger partial charge is 0.398 e. The average Bonchev–Trinajstić information content (AvgIpc) is 2.26. The summed E-state index contributed by atoms with van der Waals surface area (Å²) in [6.07, 6.45) is 1.35. The number of hydrogen-bond acceptors (Lipinski definition) is 3. The molecule has 2 aromatic rings. The lowest BCUT2D eigenvalue weighted by Gasteiger charge is -2.30. The molecule has 1 aromatic carbocycles. The minimum atomic E-state index is -0.0218. The van der Waals surface area contributed by atoms with Gasteiger partial charge in [0.15, 0.2) is 5.78 Å². The molecule has 4 heteroatoms. The number of para-hydroxylation sites is 1. The second-order valence-electron chi connectivity index (χ2n) is 5.81. The molecule has 0 bridgehead atoms. The number of carbonyl (C=O) groups is 1. The summed E-state index contributed by atoms with van der Waals surface area (Å²) in [6.45, 7) is 4.20. The number of hydrogen-bond donors (Lipinski definition) is 1. The number of nitrogen functional groups attached to an aromatic ring is 1. The van der Waals surface area contributed by atoms with Gasteiger partial charge in [0.1, 0.15) is 0 Å². The number of nitrogens with two attached hydrogens (primary N) is 1. The van der Waals surface area contributed by atoms with Gasteiger partial charge in [-0.25, -0.2) is 0 Å². The third-order valence-corrected chi connectivity index (χ3v) is 3.57. The van der Waals surface area contributed by atoms with E-state index in [1.165, 1.54) is 0 Å². The Morgan fingerprint density at radius 2 is 1.89 bits per heavy atom. The highest BCUT2D eigenvalue weighted by Crippen LogP contribution is 2.38. The van der Waals surface area contributed by atoms with Crippen molar-refractivity contribution in [2.75, 3.05) is 5.73 Å². The maximum atomic E-state index is 12.2. The van der Waals surface area contributed by atoms with Gasteiger partial charge >= 0.3 is 0 Å². The number of rotatable bonds is 0. The van der Waals surface area contributed by atoms with E-state index >= 15 is 0 Å². The highest BCUT2D eigenvalue weighted by molar-refractivity contribution is 6.09. The standard InChI is InChI=1S/C15H16N2O.ClH/c1-15(2)7-11-13(12(18)8-15)14(16)9-5-3-4-6-10(9)17-11;/h3-6H,7-8H2,1-2H3,(H2,16,17);1H. The molecule has 0 aliphatic heterocycles. The van der Waals surface area contributed by atoms with Crippen LogP contribution in [-0.4, -0.2) is 10.8 Å². The molecule has 3 rings (SSSR count). The molecule has 0 saturated carbocycles. The Labute approximate surface area is 118 Å². The van der Waals surface area contributed by atoms with Gasteiger partial charge in [0.2, 0.25) is 0 Å². The number of ketones is 1. The average molecular weight is 277 g/mol. The zero-order chi connectivity index (χ0) is 12.9. The van der Waals surface area contributed by atoms with Crippen molar-refractivity contribution in [2.45, 2.75) is 26.7 Å². The van der Waals surface area contributed by atoms with Gasteiger partial charge in [0.25, 0.3) is 0 Å². The highest BCUT2D eigenvalue weighted by Gasteiger charge is 2.33. The van der Waals surface area contributed by atoms with Gasteiger partial charge in [-0.15, -0.1) is 12.4 Å². The number of fused-ring (bicyclic) bond motifs is 2. The summed E-state index contributed by atoms with van der Waals surface area (Å²) in [5.41, 5.74) is 9.10. The summed E-state index contributed by atoms with van der Waals surface area (Å²) in [7, 11) is 0. The van der Waals surface area contributed by atoms with Crippen LogP contribution in [0.1, 0.15) is 36.3 Å². The van der Waals surface area contributed by atoms with Crippen molar-refractivity contribution < 1.29 is 4.79 Å². The first-order chi connectivity index (χ1) is 8.48. The predicted molar refractivity (Wildman–Crippen MR) is 79.8 cm³/mol. The fourth-order valence-corrected chi connectivity index (χ4v) is 2.77. The summed E-state index contributed by atoms with van der Waals surface area (Å²) in [4.78, 5) is 16.9. The van der Waals surface area contributed by atoms with Crippen molar-refractivity contribution >= 4 is 34.8 Å². The molecule has 1 heterocycles. The number of nitrogens with zero attached hydrogens (tertiary/aromatic N) is 1. The molecule has 19 heavy (non-hydrogen) atoms. The molecular formula is C15H17ClN2O. The van der Waals surface area contributed by atoms with Crippen LogP contribution in [0.25, 0.3) is 10.9 Å². The first-order valence-corrected chi connectivity index (χ1v) is 6.18. The van der Waals surface area contributed by atoms with Crippen molar-refractivity contribution in [3.63, 3.8) is 0 Å². The molecule has 1 aromatic heterocycles. The zero-order valence-electron chi connectivity index (χ0n) is 11.1. The van der Waals surface area contributed by atoms with Crippen LogP contribution < -0.4 is 5.73 Å². The number of carbonyl (C=O) groups excluding carboxylic acids is 1. The van der Waals surface area contributed by atoms with Crippen LogP contribution in [0.2, 0.25) is 0 Å². The second kappa shape index (κ2) is 4.49. The van der Waals surface area contributed by atoms with E-state index in [4.69, 9.17) is 5.73 Å². The molecule has 0 amide bonds. The second-order valence-corrected chi connectivity index (χ2v) is 5.81. The molecule has 0 saturated heterocycles. The van der Waals surface area contributed by atoms with Gasteiger partial charge in [-0.2, -0.15) is 0 Å². The molecule has 0 spiro atoms. The normalized spacial score (nSPS) is 16.8. The molecule has 0 radical (unpaired) electrons. The maximum absolute atomic E-state index is 12.2. The first-order valence-electron chi connectivity index (χ1n) is 6.18. The third-order valence-electron chi connectivity index (χ3n) is 3.57. The van der Waals surface area contributed by atoms with E-state index in [0.717, 1.165) is 23.0 Å². The summed E-state index contributed by atoms with van der Waals surface area (Å²) in [5.74, 6) is 0.122. The molecular weight excluding hydrogens is 260 g/mol. The Balaban J connectivity index is 0.00000133. The smallest absolute Gasteiger partial charge is 0.167 e.